The standard InChI is InChI=1S/C21H15ClF3N3O4/c22-18-9-6-14(11-17(18)21(23,24)25)27-20(30)26-13-4-7-15(8-5-13)32-16-3-1-2-12(10-16)19(29)28-31/h1-11,31H,(H,28,29)(H2,26,27,30). The number of amides is 3. The Morgan fingerprint density at radius 1 is 0.875 bits per heavy atom. The third kappa shape index (κ3) is 5.90. The number of alkyl halides is 3. The normalized spacial score (nSPS) is 10.9. The molecular weight excluding hydrogens is 451 g/mol. The smallest absolute Gasteiger partial charge is 0.417 e. The second kappa shape index (κ2) is 9.58. The number of nitrogens with one attached hydrogen (secondary N) is 3. The van der Waals surface area contributed by atoms with Crippen molar-refractivity contribution in [1.29, 1.82) is 0 Å². The van der Waals surface area contributed by atoms with E-state index in [1.165, 1.54) is 35.8 Å². The van der Waals surface area contributed by atoms with Crippen molar-refractivity contribution in [2.45, 2.75) is 6.18 Å². The van der Waals surface area contributed by atoms with E-state index in [-0.39, 0.29) is 11.3 Å². The molecule has 7 nitrogen and oxygen atoms in total. The van der Waals surface area contributed by atoms with Crippen LogP contribution in [0.5, 0.6) is 11.5 Å². The molecule has 0 heterocycles. The first-order valence-corrected chi connectivity index (χ1v) is 9.30. The van der Waals surface area contributed by atoms with Crippen molar-refractivity contribution in [3.63, 3.8) is 0 Å². The van der Waals surface area contributed by atoms with Crippen molar-refractivity contribution in [1.82, 2.24) is 5.48 Å². The zero-order valence-corrected chi connectivity index (χ0v) is 16.8. The Morgan fingerprint density at radius 3 is 2.19 bits per heavy atom. The number of benzene rings is 3. The van der Waals surface area contributed by atoms with Crippen LogP contribution in [0, 0.1) is 0 Å². The maximum absolute atomic E-state index is 12.9. The SMILES string of the molecule is O=C(Nc1ccc(Oc2cccc(C(=O)NO)c2)cc1)Nc1ccc(Cl)c(C(F)(F)F)c1. The largest absolute Gasteiger partial charge is 0.457 e. The number of anilines is 2. The first-order valence-electron chi connectivity index (χ1n) is 8.93. The maximum atomic E-state index is 12.9. The molecule has 3 amide bonds. The summed E-state index contributed by atoms with van der Waals surface area (Å²) in [6.45, 7) is 0. The third-order valence-electron chi connectivity index (χ3n) is 4.08. The summed E-state index contributed by atoms with van der Waals surface area (Å²) in [6.07, 6.45) is -4.65. The molecule has 0 saturated carbocycles. The predicted octanol–water partition coefficient (Wildman–Crippen LogP) is 5.91. The van der Waals surface area contributed by atoms with Gasteiger partial charge in [0.1, 0.15) is 11.5 Å². The van der Waals surface area contributed by atoms with Gasteiger partial charge in [-0.05, 0) is 60.7 Å². The van der Waals surface area contributed by atoms with Gasteiger partial charge in [0.05, 0.1) is 10.6 Å². The van der Waals surface area contributed by atoms with Gasteiger partial charge in [0, 0.05) is 16.9 Å². The van der Waals surface area contributed by atoms with E-state index in [1.54, 1.807) is 24.3 Å². The van der Waals surface area contributed by atoms with Crippen LogP contribution >= 0.6 is 11.6 Å². The molecule has 0 aliphatic rings. The van der Waals surface area contributed by atoms with E-state index in [2.05, 4.69) is 10.6 Å². The lowest BCUT2D eigenvalue weighted by atomic mass is 10.2. The van der Waals surface area contributed by atoms with Gasteiger partial charge < -0.3 is 15.4 Å². The van der Waals surface area contributed by atoms with Crippen LogP contribution in [-0.2, 0) is 6.18 Å². The number of halogens is 4. The summed E-state index contributed by atoms with van der Waals surface area (Å²) in [7, 11) is 0. The van der Waals surface area contributed by atoms with E-state index < -0.39 is 28.7 Å². The number of rotatable bonds is 5. The van der Waals surface area contributed by atoms with E-state index >= 15 is 0 Å². The summed E-state index contributed by atoms with van der Waals surface area (Å²) < 4.78 is 44.4. The summed E-state index contributed by atoms with van der Waals surface area (Å²) in [4.78, 5) is 23.6. The van der Waals surface area contributed by atoms with Crippen LogP contribution in [0.15, 0.2) is 66.7 Å². The lowest BCUT2D eigenvalue weighted by Crippen LogP contribution is -2.19. The molecule has 0 saturated heterocycles. The highest BCUT2D eigenvalue weighted by molar-refractivity contribution is 6.31. The van der Waals surface area contributed by atoms with Crippen molar-refractivity contribution in [3.05, 3.63) is 82.9 Å². The van der Waals surface area contributed by atoms with Gasteiger partial charge >= 0.3 is 12.2 Å². The highest BCUT2D eigenvalue weighted by Crippen LogP contribution is 2.36. The molecule has 0 spiro atoms. The van der Waals surface area contributed by atoms with Gasteiger partial charge in [-0.1, -0.05) is 17.7 Å². The minimum Gasteiger partial charge on any atom is -0.457 e. The van der Waals surface area contributed by atoms with E-state index in [4.69, 9.17) is 21.5 Å². The number of carbonyl (C=O) groups is 2. The van der Waals surface area contributed by atoms with Crippen LogP contribution in [0.2, 0.25) is 5.02 Å². The number of hydrogen-bond donors (Lipinski definition) is 4. The van der Waals surface area contributed by atoms with Crippen molar-refractivity contribution >= 4 is 34.9 Å². The van der Waals surface area contributed by atoms with Crippen molar-refractivity contribution in [2.24, 2.45) is 0 Å². The quantitative estimate of drug-likeness (QED) is 0.278. The number of ether oxygens (including phenoxy) is 1. The van der Waals surface area contributed by atoms with Crippen molar-refractivity contribution in [2.75, 3.05) is 10.6 Å². The molecule has 0 aliphatic heterocycles. The Bertz CT molecular complexity index is 1140. The molecule has 0 aromatic heterocycles. The second-order valence-corrected chi connectivity index (χ2v) is 6.77. The maximum Gasteiger partial charge on any atom is 0.417 e. The van der Waals surface area contributed by atoms with Gasteiger partial charge in [-0.2, -0.15) is 13.2 Å². The summed E-state index contributed by atoms with van der Waals surface area (Å²) in [5.41, 5.74) is 0.937. The first-order chi connectivity index (χ1) is 15.2. The van der Waals surface area contributed by atoms with Crippen molar-refractivity contribution < 1.29 is 32.7 Å². The van der Waals surface area contributed by atoms with Gasteiger partial charge in [-0.25, -0.2) is 10.3 Å². The van der Waals surface area contributed by atoms with Crippen LogP contribution in [0.1, 0.15) is 15.9 Å². The second-order valence-electron chi connectivity index (χ2n) is 6.37. The molecule has 4 N–H and O–H groups in total. The van der Waals surface area contributed by atoms with Crippen LogP contribution in [-0.4, -0.2) is 17.1 Å². The minimum absolute atomic E-state index is 0.0778. The van der Waals surface area contributed by atoms with Gasteiger partial charge in [0.15, 0.2) is 0 Å². The Balaban J connectivity index is 1.62. The topological polar surface area (TPSA) is 99.7 Å². The first kappa shape index (κ1) is 22.9. The summed E-state index contributed by atoms with van der Waals surface area (Å²) >= 11 is 5.56. The van der Waals surface area contributed by atoms with Gasteiger partial charge in [0.2, 0.25) is 0 Å². The van der Waals surface area contributed by atoms with Crippen LogP contribution in [0.3, 0.4) is 0 Å². The monoisotopic (exact) mass is 465 g/mol. The van der Waals surface area contributed by atoms with Gasteiger partial charge in [0.25, 0.3) is 5.91 Å². The fourth-order valence-corrected chi connectivity index (χ4v) is 2.85. The fourth-order valence-electron chi connectivity index (χ4n) is 2.62. The molecule has 0 unspecified atom stereocenters. The summed E-state index contributed by atoms with van der Waals surface area (Å²) in [5.74, 6) is 0.0434. The molecule has 0 radical (unpaired) electrons. The molecule has 166 valence electrons. The lowest BCUT2D eigenvalue weighted by Gasteiger charge is -2.12. The molecule has 3 rings (SSSR count). The molecule has 11 heteroatoms. The van der Waals surface area contributed by atoms with Crippen LogP contribution in [0.25, 0.3) is 0 Å². The molecular formula is C21H15ClF3N3O4. The summed E-state index contributed by atoms with van der Waals surface area (Å²) in [5, 5.41) is 13.0. The summed E-state index contributed by atoms with van der Waals surface area (Å²) in [6, 6.07) is 14.5. The third-order valence-corrected chi connectivity index (χ3v) is 4.40. The number of hydrogen-bond acceptors (Lipinski definition) is 4. The van der Waals surface area contributed by atoms with E-state index in [1.807, 2.05) is 0 Å². The highest BCUT2D eigenvalue weighted by Gasteiger charge is 2.33. The Labute approximate surface area is 184 Å². The number of carbonyl (C=O) groups excluding carboxylic acids is 2. The van der Waals surface area contributed by atoms with Crippen molar-refractivity contribution in [3.8, 4) is 11.5 Å². The molecule has 32 heavy (non-hydrogen) atoms. The predicted molar refractivity (Wildman–Crippen MR) is 111 cm³/mol. The van der Waals surface area contributed by atoms with E-state index in [0.29, 0.717) is 17.2 Å². The minimum atomic E-state index is -4.65. The van der Waals surface area contributed by atoms with E-state index in [0.717, 1.165) is 12.1 Å². The van der Waals surface area contributed by atoms with Crippen LogP contribution < -0.4 is 20.9 Å². The average Bonchev–Trinajstić information content (AvgIpc) is 2.75. The zero-order chi connectivity index (χ0) is 23.3. The average molecular weight is 466 g/mol. The van der Waals surface area contributed by atoms with E-state index in [9.17, 15) is 22.8 Å². The molecule has 0 atom stereocenters. The Hall–Kier alpha value is -3.76. The Kier molecular flexibility index (Phi) is 6.86. The lowest BCUT2D eigenvalue weighted by molar-refractivity contribution is -0.137. The van der Waals surface area contributed by atoms with Gasteiger partial charge in [-0.15, -0.1) is 0 Å². The Morgan fingerprint density at radius 2 is 1.53 bits per heavy atom. The van der Waals surface area contributed by atoms with Crippen LogP contribution in [0.4, 0.5) is 29.3 Å². The molecule has 0 aliphatic carbocycles. The zero-order valence-electron chi connectivity index (χ0n) is 16.0. The fraction of sp³-hybridized carbons (Fsp3) is 0.0476. The molecule has 0 bridgehead atoms. The highest BCUT2D eigenvalue weighted by atomic mass is 35.5. The molecule has 0 fully saturated rings. The molecule has 3 aromatic rings. The number of hydroxylamine groups is 1. The number of urea groups is 1. The molecule has 3 aromatic carbocycles. The van der Waals surface area contributed by atoms with Gasteiger partial charge in [-0.3, -0.25) is 10.0 Å².